The molecule has 4 rings (SSSR count). The Hall–Kier alpha value is -2.25. The van der Waals surface area contributed by atoms with Crippen molar-refractivity contribution in [1.29, 1.82) is 0 Å². The van der Waals surface area contributed by atoms with Gasteiger partial charge in [-0.1, -0.05) is 35.5 Å². The molecule has 7 nitrogen and oxygen atoms in total. The Bertz CT molecular complexity index is 847. The third-order valence-electron chi connectivity index (χ3n) is 6.71. The maximum Gasteiger partial charge on any atom is 0.233 e. The van der Waals surface area contributed by atoms with E-state index in [9.17, 15) is 19.8 Å². The third-order valence-corrected chi connectivity index (χ3v) is 6.71. The number of carbonyl (C=O) groups is 2. The van der Waals surface area contributed by atoms with E-state index in [1.54, 1.807) is 0 Å². The molecule has 0 bridgehead atoms. The van der Waals surface area contributed by atoms with Crippen molar-refractivity contribution >= 4 is 17.5 Å². The first-order valence-corrected chi connectivity index (χ1v) is 10.7. The lowest BCUT2D eigenvalue weighted by Crippen LogP contribution is -2.55. The Morgan fingerprint density at radius 2 is 1.73 bits per heavy atom. The molecule has 1 aliphatic heterocycles. The molecule has 1 aromatic carbocycles. The van der Waals surface area contributed by atoms with Gasteiger partial charge < -0.3 is 15.1 Å². The van der Waals surface area contributed by atoms with E-state index >= 15 is 0 Å². The van der Waals surface area contributed by atoms with Crippen molar-refractivity contribution in [1.82, 2.24) is 4.90 Å². The van der Waals surface area contributed by atoms with Gasteiger partial charge in [0, 0.05) is 23.8 Å². The first kappa shape index (κ1) is 21.0. The summed E-state index contributed by atoms with van der Waals surface area (Å²) in [5.74, 6) is -2.19. The summed E-state index contributed by atoms with van der Waals surface area (Å²) >= 11 is 0. The van der Waals surface area contributed by atoms with Gasteiger partial charge in [0.05, 0.1) is 29.8 Å². The average Bonchev–Trinajstić information content (AvgIpc) is 2.96. The average molecular weight is 415 g/mol. The van der Waals surface area contributed by atoms with Crippen LogP contribution >= 0.6 is 0 Å². The summed E-state index contributed by atoms with van der Waals surface area (Å²) in [6, 6.07) is 9.66. The highest BCUT2D eigenvalue weighted by molar-refractivity contribution is 6.06. The zero-order valence-electron chi connectivity index (χ0n) is 17.7. The van der Waals surface area contributed by atoms with E-state index in [4.69, 9.17) is 4.84 Å². The topological polar surface area (TPSA) is 99.4 Å². The molecular weight excluding hydrogens is 384 g/mol. The maximum atomic E-state index is 13.3. The minimum absolute atomic E-state index is 0.165. The van der Waals surface area contributed by atoms with E-state index in [0.29, 0.717) is 25.2 Å². The Morgan fingerprint density at radius 1 is 1.07 bits per heavy atom. The number of hydrogen-bond acceptors (Lipinski definition) is 6. The standard InChI is InChI=1S/C23H30N2O5/c1-23(2,3)25-21(28)15-10-9-14-16(24-30-12-13-7-5-4-6-8-13)11-17(26)20(27)18(14)19(15)22(25)29/h4-8,14-15,17-20,26-27H,9-12H2,1-3H3/t14-,15+,17+,18-,19+,20+/m0/s1. The zero-order valence-corrected chi connectivity index (χ0v) is 17.7. The molecule has 1 heterocycles. The quantitative estimate of drug-likeness (QED) is 0.583. The number of nitrogens with zero attached hydrogens (tertiary/aromatic N) is 2. The molecule has 162 valence electrons. The molecule has 1 saturated heterocycles. The number of fused-ring (bicyclic) bond motifs is 3. The molecule has 2 aliphatic carbocycles. The van der Waals surface area contributed by atoms with Crippen molar-refractivity contribution in [3.63, 3.8) is 0 Å². The fourth-order valence-corrected chi connectivity index (χ4v) is 5.40. The molecule has 0 spiro atoms. The van der Waals surface area contributed by atoms with Crippen LogP contribution < -0.4 is 0 Å². The van der Waals surface area contributed by atoms with E-state index in [1.165, 1.54) is 4.90 Å². The van der Waals surface area contributed by atoms with Crippen LogP contribution in [0, 0.1) is 23.7 Å². The molecule has 1 aromatic rings. The fraction of sp³-hybridized carbons (Fsp3) is 0.609. The van der Waals surface area contributed by atoms with Crippen molar-refractivity contribution < 1.29 is 24.6 Å². The van der Waals surface area contributed by atoms with Crippen LogP contribution in [-0.2, 0) is 21.0 Å². The van der Waals surface area contributed by atoms with Gasteiger partial charge in [-0.3, -0.25) is 14.5 Å². The Morgan fingerprint density at radius 3 is 2.40 bits per heavy atom. The van der Waals surface area contributed by atoms with E-state index < -0.39 is 35.5 Å². The number of imide groups is 1. The number of benzene rings is 1. The second-order valence-electron chi connectivity index (χ2n) is 9.68. The van der Waals surface area contributed by atoms with Crippen LogP contribution in [0.3, 0.4) is 0 Å². The number of hydrogen-bond donors (Lipinski definition) is 2. The van der Waals surface area contributed by atoms with Crippen molar-refractivity contribution in [3.8, 4) is 0 Å². The monoisotopic (exact) mass is 414 g/mol. The van der Waals surface area contributed by atoms with Crippen molar-refractivity contribution in [2.45, 2.75) is 64.4 Å². The SMILES string of the molecule is CC(C)(C)N1C(=O)[C@H]2[C@H]3[C@H](O)[C@H](O)CC(=NOCc4ccccc4)[C@@H]3CC[C@H]2C1=O. The molecule has 3 fully saturated rings. The molecular formula is C23H30N2O5. The van der Waals surface area contributed by atoms with Crippen LogP contribution in [0.4, 0.5) is 0 Å². The van der Waals surface area contributed by atoms with Crippen molar-refractivity contribution in [2.24, 2.45) is 28.8 Å². The maximum absolute atomic E-state index is 13.3. The number of oxime groups is 1. The number of likely N-dealkylation sites (tertiary alicyclic amines) is 1. The lowest BCUT2D eigenvalue weighted by atomic mass is 9.60. The molecule has 2 amide bonds. The van der Waals surface area contributed by atoms with E-state index in [1.807, 2.05) is 51.1 Å². The van der Waals surface area contributed by atoms with Gasteiger partial charge in [0.15, 0.2) is 0 Å². The summed E-state index contributed by atoms with van der Waals surface area (Å²) in [7, 11) is 0. The van der Waals surface area contributed by atoms with Crippen LogP contribution in [0.5, 0.6) is 0 Å². The van der Waals surface area contributed by atoms with E-state index in [2.05, 4.69) is 5.16 Å². The van der Waals surface area contributed by atoms with Crippen LogP contribution in [0.15, 0.2) is 35.5 Å². The first-order chi connectivity index (χ1) is 14.2. The summed E-state index contributed by atoms with van der Waals surface area (Å²) < 4.78 is 0. The number of amides is 2. The predicted molar refractivity (Wildman–Crippen MR) is 110 cm³/mol. The molecule has 7 heteroatoms. The van der Waals surface area contributed by atoms with E-state index in [0.717, 1.165) is 5.56 Å². The highest BCUT2D eigenvalue weighted by Crippen LogP contribution is 2.50. The molecule has 6 atom stereocenters. The smallest absolute Gasteiger partial charge is 0.233 e. The molecule has 2 saturated carbocycles. The van der Waals surface area contributed by atoms with Crippen LogP contribution in [0.1, 0.15) is 45.6 Å². The van der Waals surface area contributed by atoms with Crippen LogP contribution in [0.2, 0.25) is 0 Å². The number of rotatable bonds is 3. The second-order valence-corrected chi connectivity index (χ2v) is 9.68. The van der Waals surface area contributed by atoms with Gasteiger partial charge in [-0.2, -0.15) is 0 Å². The Kier molecular flexibility index (Phi) is 5.45. The highest BCUT2D eigenvalue weighted by Gasteiger charge is 2.61. The lowest BCUT2D eigenvalue weighted by molar-refractivity contribution is -0.146. The third kappa shape index (κ3) is 3.54. The molecule has 0 unspecified atom stereocenters. The summed E-state index contributed by atoms with van der Waals surface area (Å²) in [6.07, 6.45) is -0.674. The van der Waals surface area contributed by atoms with Gasteiger partial charge in [-0.25, -0.2) is 0 Å². The normalized spacial score (nSPS) is 35.4. The van der Waals surface area contributed by atoms with Crippen molar-refractivity contribution in [3.05, 3.63) is 35.9 Å². The van der Waals surface area contributed by atoms with Gasteiger partial charge in [0.2, 0.25) is 11.8 Å². The van der Waals surface area contributed by atoms with Gasteiger partial charge in [-0.15, -0.1) is 0 Å². The molecule has 2 N–H and O–H groups in total. The Labute approximate surface area is 176 Å². The minimum Gasteiger partial charge on any atom is -0.391 e. The minimum atomic E-state index is -1.06. The largest absolute Gasteiger partial charge is 0.391 e. The van der Waals surface area contributed by atoms with Gasteiger partial charge >= 0.3 is 0 Å². The molecule has 0 radical (unpaired) electrons. The molecule has 0 aromatic heterocycles. The summed E-state index contributed by atoms with van der Waals surface area (Å²) in [5, 5.41) is 25.6. The predicted octanol–water partition coefficient (Wildman–Crippen LogP) is 2.11. The molecule has 3 aliphatic rings. The second kappa shape index (κ2) is 7.78. The van der Waals surface area contributed by atoms with Gasteiger partial charge in [0.25, 0.3) is 0 Å². The van der Waals surface area contributed by atoms with Gasteiger partial charge in [0.1, 0.15) is 6.61 Å². The number of aliphatic hydroxyl groups excluding tert-OH is 2. The molecule has 30 heavy (non-hydrogen) atoms. The van der Waals surface area contributed by atoms with Crippen LogP contribution in [0.25, 0.3) is 0 Å². The number of carbonyl (C=O) groups excluding carboxylic acids is 2. The van der Waals surface area contributed by atoms with Crippen molar-refractivity contribution in [2.75, 3.05) is 0 Å². The lowest BCUT2D eigenvalue weighted by Gasteiger charge is -2.45. The zero-order chi connectivity index (χ0) is 21.6. The Balaban J connectivity index is 1.59. The van der Waals surface area contributed by atoms with Gasteiger partial charge in [-0.05, 0) is 39.2 Å². The summed E-state index contributed by atoms with van der Waals surface area (Å²) in [5.41, 5.74) is 1.03. The fourth-order valence-electron chi connectivity index (χ4n) is 5.40. The van der Waals surface area contributed by atoms with Crippen LogP contribution in [-0.4, -0.2) is 50.4 Å². The first-order valence-electron chi connectivity index (χ1n) is 10.7. The number of aliphatic hydroxyl groups is 2. The summed E-state index contributed by atoms with van der Waals surface area (Å²) in [4.78, 5) is 33.1. The highest BCUT2D eigenvalue weighted by atomic mass is 16.6. The summed E-state index contributed by atoms with van der Waals surface area (Å²) in [6.45, 7) is 5.83. The van der Waals surface area contributed by atoms with E-state index in [-0.39, 0.29) is 24.2 Å².